The summed E-state index contributed by atoms with van der Waals surface area (Å²) >= 11 is 0. The van der Waals surface area contributed by atoms with Gasteiger partial charge in [-0.1, -0.05) is 6.07 Å². The molecule has 5 heterocycles. The topological polar surface area (TPSA) is 114 Å². The molecule has 1 saturated heterocycles. The molecule has 1 N–H and O–H groups in total. The summed E-state index contributed by atoms with van der Waals surface area (Å²) < 4.78 is 65.5. The Balaban J connectivity index is 1.45. The molecule has 2 fully saturated rings. The highest BCUT2D eigenvalue weighted by Crippen LogP contribution is 2.42. The van der Waals surface area contributed by atoms with Crippen LogP contribution >= 0.6 is 0 Å². The van der Waals surface area contributed by atoms with Crippen LogP contribution in [0.3, 0.4) is 0 Å². The fourth-order valence-electron chi connectivity index (χ4n) is 5.56. The van der Waals surface area contributed by atoms with Crippen LogP contribution in [0.15, 0.2) is 47.5 Å². The van der Waals surface area contributed by atoms with Gasteiger partial charge in [0, 0.05) is 49.1 Å². The van der Waals surface area contributed by atoms with Crippen molar-refractivity contribution in [2.75, 3.05) is 13.2 Å². The SMILES string of the molecule is Cn1cc(C#N)nc1-c1cc(F)ccc1-c1cc(C2CC2)nc(-n2cc(C(F)(F)F)c3nc([C@@H]4CCOC4)[nH]c3c2=O)c1. The normalized spacial score (nSPS) is 17.1. The van der Waals surface area contributed by atoms with Crippen LogP contribution in [-0.2, 0) is 18.0 Å². The Bertz CT molecular complexity index is 2010. The van der Waals surface area contributed by atoms with Crippen LogP contribution in [0.1, 0.15) is 53.9 Å². The van der Waals surface area contributed by atoms with Crippen molar-refractivity contribution in [1.82, 2.24) is 29.1 Å². The Morgan fingerprint density at radius 2 is 1.86 bits per heavy atom. The number of benzene rings is 1. The number of hydrogen-bond donors (Lipinski definition) is 1. The molecule has 43 heavy (non-hydrogen) atoms. The van der Waals surface area contributed by atoms with E-state index in [9.17, 15) is 27.6 Å². The van der Waals surface area contributed by atoms with Gasteiger partial charge in [-0.05, 0) is 54.7 Å². The number of halogens is 4. The third-order valence-corrected chi connectivity index (χ3v) is 7.89. The van der Waals surface area contributed by atoms with Crippen LogP contribution in [0.5, 0.6) is 0 Å². The number of alkyl halides is 3. The van der Waals surface area contributed by atoms with Gasteiger partial charge in [0.25, 0.3) is 5.56 Å². The number of nitrogens with zero attached hydrogens (tertiary/aromatic N) is 6. The van der Waals surface area contributed by atoms with Crippen LogP contribution in [0, 0.1) is 17.1 Å². The van der Waals surface area contributed by atoms with E-state index in [4.69, 9.17) is 4.74 Å². The van der Waals surface area contributed by atoms with Gasteiger partial charge in [-0.3, -0.25) is 9.36 Å². The van der Waals surface area contributed by atoms with Gasteiger partial charge in [0.1, 0.15) is 45.9 Å². The summed E-state index contributed by atoms with van der Waals surface area (Å²) in [4.78, 5) is 29.7. The molecule has 1 aliphatic heterocycles. The molecule has 1 atom stereocenters. The number of aryl methyl sites for hydroxylation is 1. The predicted octanol–water partition coefficient (Wildman–Crippen LogP) is 5.59. The quantitative estimate of drug-likeness (QED) is 0.268. The Labute approximate surface area is 241 Å². The van der Waals surface area contributed by atoms with Crippen LogP contribution in [0.25, 0.3) is 39.4 Å². The average molecular weight is 590 g/mol. The van der Waals surface area contributed by atoms with E-state index in [-0.39, 0.29) is 34.7 Å². The molecule has 1 aromatic carbocycles. The summed E-state index contributed by atoms with van der Waals surface area (Å²) in [7, 11) is 1.68. The molecule has 218 valence electrons. The molecule has 0 unspecified atom stereocenters. The van der Waals surface area contributed by atoms with Gasteiger partial charge in [-0.25, -0.2) is 19.3 Å². The minimum atomic E-state index is -4.80. The highest BCUT2D eigenvalue weighted by molar-refractivity contribution is 5.82. The zero-order valence-corrected chi connectivity index (χ0v) is 22.7. The number of imidazole rings is 2. The molecule has 9 nitrogen and oxygen atoms in total. The number of pyridine rings is 2. The van der Waals surface area contributed by atoms with Gasteiger partial charge in [0.2, 0.25) is 0 Å². The lowest BCUT2D eigenvalue weighted by Gasteiger charge is -2.15. The zero-order valence-electron chi connectivity index (χ0n) is 22.7. The number of ether oxygens (including phenoxy) is 1. The van der Waals surface area contributed by atoms with Gasteiger partial charge in [0.05, 0.1) is 6.61 Å². The number of H-pyrrole nitrogens is 1. The minimum absolute atomic E-state index is 0.00928. The highest BCUT2D eigenvalue weighted by Gasteiger charge is 2.37. The van der Waals surface area contributed by atoms with E-state index in [1.54, 1.807) is 23.7 Å². The predicted molar refractivity (Wildman–Crippen MR) is 147 cm³/mol. The molecule has 0 bridgehead atoms. The van der Waals surface area contributed by atoms with E-state index >= 15 is 0 Å². The van der Waals surface area contributed by atoms with Crippen LogP contribution < -0.4 is 5.56 Å². The molecule has 2 aliphatic rings. The van der Waals surface area contributed by atoms with Crippen molar-refractivity contribution in [1.29, 1.82) is 5.26 Å². The Morgan fingerprint density at radius 3 is 2.53 bits per heavy atom. The van der Waals surface area contributed by atoms with E-state index in [1.807, 2.05) is 6.07 Å². The first-order valence-electron chi connectivity index (χ1n) is 13.7. The molecule has 7 rings (SSSR count). The second-order valence-corrected chi connectivity index (χ2v) is 10.9. The van der Waals surface area contributed by atoms with Crippen molar-refractivity contribution >= 4 is 11.0 Å². The zero-order chi connectivity index (χ0) is 30.0. The van der Waals surface area contributed by atoms with Crippen molar-refractivity contribution in [3.63, 3.8) is 0 Å². The van der Waals surface area contributed by atoms with Gasteiger partial charge < -0.3 is 14.3 Å². The maximum Gasteiger partial charge on any atom is 0.419 e. The van der Waals surface area contributed by atoms with E-state index in [0.717, 1.165) is 23.6 Å². The molecule has 0 amide bonds. The molecule has 5 aromatic rings. The van der Waals surface area contributed by atoms with Crippen molar-refractivity contribution in [2.24, 2.45) is 7.05 Å². The molecular weight excluding hydrogens is 566 g/mol. The Kier molecular flexibility index (Phi) is 6.21. The van der Waals surface area contributed by atoms with Crippen molar-refractivity contribution < 1.29 is 22.3 Å². The van der Waals surface area contributed by atoms with Gasteiger partial charge in [-0.15, -0.1) is 0 Å². The number of aromatic amines is 1. The summed E-state index contributed by atoms with van der Waals surface area (Å²) in [6.07, 6.45) is -0.286. The largest absolute Gasteiger partial charge is 0.419 e. The number of nitriles is 1. The third kappa shape index (κ3) is 4.77. The van der Waals surface area contributed by atoms with Crippen LogP contribution in [-0.4, -0.2) is 42.3 Å². The fraction of sp³-hybridized carbons (Fsp3) is 0.300. The van der Waals surface area contributed by atoms with Crippen LogP contribution in [0.2, 0.25) is 0 Å². The second kappa shape index (κ2) is 9.88. The first kappa shape index (κ1) is 27.0. The van der Waals surface area contributed by atoms with Crippen molar-refractivity contribution in [2.45, 2.75) is 37.3 Å². The number of nitrogens with one attached hydrogen (secondary N) is 1. The summed E-state index contributed by atoms with van der Waals surface area (Å²) in [5.41, 5.74) is -0.359. The first-order valence-corrected chi connectivity index (χ1v) is 13.7. The lowest BCUT2D eigenvalue weighted by molar-refractivity contribution is -0.136. The van der Waals surface area contributed by atoms with Gasteiger partial charge >= 0.3 is 6.18 Å². The molecular formula is C30H23F4N7O2. The van der Waals surface area contributed by atoms with Crippen molar-refractivity contribution in [3.05, 3.63) is 81.7 Å². The van der Waals surface area contributed by atoms with Crippen LogP contribution in [0.4, 0.5) is 17.6 Å². The third-order valence-electron chi connectivity index (χ3n) is 7.89. The molecule has 1 saturated carbocycles. The molecule has 13 heteroatoms. The van der Waals surface area contributed by atoms with Gasteiger partial charge in [-0.2, -0.15) is 18.4 Å². The molecule has 0 spiro atoms. The lowest BCUT2D eigenvalue weighted by Crippen LogP contribution is -2.23. The maximum absolute atomic E-state index is 14.5. The second-order valence-electron chi connectivity index (χ2n) is 10.9. The standard InChI is InChI=1S/C30H23F4N7O2/c1-40-12-19(11-35)36-28(40)21-10-18(31)4-5-20(21)17-8-23(15-2-3-15)37-24(9-17)41-13-22(30(32,33)34)25-26(29(41)42)39-27(38-25)16-6-7-43-14-16/h4-5,8-10,12-13,15-16H,2-3,6-7,14H2,1H3,(H,38,39)/t16-/m1/s1. The summed E-state index contributed by atoms with van der Waals surface area (Å²) in [5.74, 6) is -0.106. The average Bonchev–Trinajstić information content (AvgIpc) is 3.33. The summed E-state index contributed by atoms with van der Waals surface area (Å²) in [6.45, 7) is 0.760. The lowest BCUT2D eigenvalue weighted by atomic mass is 9.98. The molecule has 1 aliphatic carbocycles. The Morgan fingerprint density at radius 1 is 1.05 bits per heavy atom. The maximum atomic E-state index is 14.5. The first-order chi connectivity index (χ1) is 20.6. The summed E-state index contributed by atoms with van der Waals surface area (Å²) in [5, 5.41) is 9.34. The monoisotopic (exact) mass is 589 g/mol. The fourth-order valence-corrected chi connectivity index (χ4v) is 5.56. The number of hydrogen-bond acceptors (Lipinski definition) is 6. The van der Waals surface area contributed by atoms with E-state index in [0.29, 0.717) is 47.8 Å². The number of rotatable bonds is 5. The number of fused-ring (bicyclic) bond motifs is 1. The summed E-state index contributed by atoms with van der Waals surface area (Å²) in [6, 6.07) is 9.37. The van der Waals surface area contributed by atoms with E-state index in [1.165, 1.54) is 24.4 Å². The number of aromatic nitrogens is 6. The van der Waals surface area contributed by atoms with Crippen molar-refractivity contribution in [3.8, 4) is 34.4 Å². The van der Waals surface area contributed by atoms with E-state index in [2.05, 4.69) is 19.9 Å². The minimum Gasteiger partial charge on any atom is -0.381 e. The smallest absolute Gasteiger partial charge is 0.381 e. The van der Waals surface area contributed by atoms with Gasteiger partial charge in [0.15, 0.2) is 5.69 Å². The molecule has 0 radical (unpaired) electrons. The highest BCUT2D eigenvalue weighted by atomic mass is 19.4. The van der Waals surface area contributed by atoms with E-state index < -0.39 is 28.6 Å². The molecule has 4 aromatic heterocycles. The Hall–Kier alpha value is -4.83.